The van der Waals surface area contributed by atoms with Crippen molar-refractivity contribution >= 4 is 17.2 Å². The molecule has 0 saturated carbocycles. The van der Waals surface area contributed by atoms with E-state index < -0.39 is 6.10 Å². The molecule has 0 fully saturated rings. The summed E-state index contributed by atoms with van der Waals surface area (Å²) in [5.41, 5.74) is 0. The van der Waals surface area contributed by atoms with E-state index in [1.54, 1.807) is 11.3 Å². The number of aliphatic hydroxyl groups excluding tert-OH is 1. The van der Waals surface area contributed by atoms with Crippen LogP contribution in [0.5, 0.6) is 0 Å². The largest absolute Gasteiger partial charge is 0.387 e. The van der Waals surface area contributed by atoms with E-state index in [1.807, 2.05) is 24.6 Å². The second-order valence-corrected chi connectivity index (χ2v) is 4.79. The second-order valence-electron chi connectivity index (χ2n) is 3.81. The van der Waals surface area contributed by atoms with Gasteiger partial charge in [0.05, 0.1) is 6.10 Å². The van der Waals surface area contributed by atoms with Crippen LogP contribution in [0.3, 0.4) is 0 Å². The molecule has 4 heteroatoms. The van der Waals surface area contributed by atoms with Crippen molar-refractivity contribution < 1.29 is 5.11 Å². The highest BCUT2D eigenvalue weighted by Crippen LogP contribution is 2.23. The molecule has 0 aromatic carbocycles. The normalized spacial score (nSPS) is 18.8. The summed E-state index contributed by atoms with van der Waals surface area (Å²) in [5.74, 6) is 1.03. The van der Waals surface area contributed by atoms with Crippen molar-refractivity contribution in [2.75, 3.05) is 20.1 Å². The lowest BCUT2D eigenvalue weighted by molar-refractivity contribution is 0.185. The van der Waals surface area contributed by atoms with Gasteiger partial charge in [-0.25, -0.2) is 0 Å². The number of hydrogen-bond acceptors (Lipinski definition) is 4. The first-order valence-corrected chi connectivity index (χ1v) is 6.11. The number of amidine groups is 1. The van der Waals surface area contributed by atoms with Crippen molar-refractivity contribution in [1.29, 1.82) is 0 Å². The molecular weight excluding hydrogens is 208 g/mol. The summed E-state index contributed by atoms with van der Waals surface area (Å²) in [7, 11) is 2.04. The fourth-order valence-corrected chi connectivity index (χ4v) is 2.45. The molecule has 0 aliphatic carbocycles. The summed E-state index contributed by atoms with van der Waals surface area (Å²) in [6.07, 6.45) is 1.36. The third kappa shape index (κ3) is 2.58. The van der Waals surface area contributed by atoms with Crippen LogP contribution < -0.4 is 0 Å². The Kier molecular flexibility index (Phi) is 3.38. The van der Waals surface area contributed by atoms with E-state index in [-0.39, 0.29) is 0 Å². The van der Waals surface area contributed by atoms with Gasteiger partial charge in [-0.1, -0.05) is 6.07 Å². The van der Waals surface area contributed by atoms with Gasteiger partial charge in [-0.2, -0.15) is 0 Å². The summed E-state index contributed by atoms with van der Waals surface area (Å²) in [6, 6.07) is 3.94. The van der Waals surface area contributed by atoms with Gasteiger partial charge in [0.15, 0.2) is 0 Å². The van der Waals surface area contributed by atoms with Crippen LogP contribution in [0.1, 0.15) is 23.8 Å². The summed E-state index contributed by atoms with van der Waals surface area (Å²) >= 11 is 1.60. The Bertz CT molecular complexity index is 334. The number of hydrogen-bond donors (Lipinski definition) is 1. The monoisotopic (exact) mass is 224 g/mol. The van der Waals surface area contributed by atoms with Crippen LogP contribution in [0.4, 0.5) is 0 Å². The Morgan fingerprint density at radius 3 is 3.20 bits per heavy atom. The molecule has 1 atom stereocenters. The molecule has 1 aliphatic rings. The zero-order valence-electron chi connectivity index (χ0n) is 8.89. The number of nitrogens with zero attached hydrogens (tertiary/aromatic N) is 2. The molecule has 2 rings (SSSR count). The Labute approximate surface area is 94.1 Å². The minimum Gasteiger partial charge on any atom is -0.387 e. The van der Waals surface area contributed by atoms with Gasteiger partial charge < -0.3 is 10.0 Å². The van der Waals surface area contributed by atoms with Crippen LogP contribution in [0.25, 0.3) is 0 Å². The molecule has 0 amide bonds. The molecular formula is C11H16N2OS. The Morgan fingerprint density at radius 2 is 2.53 bits per heavy atom. The van der Waals surface area contributed by atoms with Crippen LogP contribution in [0, 0.1) is 0 Å². The smallest absolute Gasteiger partial charge is 0.102 e. The van der Waals surface area contributed by atoms with Crippen molar-refractivity contribution in [3.8, 4) is 0 Å². The highest BCUT2D eigenvalue weighted by Gasteiger charge is 2.17. The van der Waals surface area contributed by atoms with Crippen LogP contribution in [0.2, 0.25) is 0 Å². The van der Waals surface area contributed by atoms with E-state index in [4.69, 9.17) is 0 Å². The summed E-state index contributed by atoms with van der Waals surface area (Å²) < 4.78 is 0. The molecule has 82 valence electrons. The van der Waals surface area contributed by atoms with E-state index in [0.717, 1.165) is 30.2 Å². The summed E-state index contributed by atoms with van der Waals surface area (Å²) in [5, 5.41) is 12.0. The average molecular weight is 224 g/mol. The summed E-state index contributed by atoms with van der Waals surface area (Å²) in [4.78, 5) is 7.61. The first-order valence-electron chi connectivity index (χ1n) is 5.23. The van der Waals surface area contributed by atoms with Crippen molar-refractivity contribution in [1.82, 2.24) is 4.90 Å². The summed E-state index contributed by atoms with van der Waals surface area (Å²) in [6.45, 7) is 1.95. The Hall–Kier alpha value is -0.870. The molecule has 1 unspecified atom stereocenters. The van der Waals surface area contributed by atoms with Crippen molar-refractivity contribution in [2.24, 2.45) is 4.99 Å². The fourth-order valence-electron chi connectivity index (χ4n) is 1.74. The van der Waals surface area contributed by atoms with Gasteiger partial charge in [-0.15, -0.1) is 11.3 Å². The molecule has 2 heterocycles. The van der Waals surface area contributed by atoms with Crippen LogP contribution in [-0.2, 0) is 0 Å². The third-order valence-corrected chi connectivity index (χ3v) is 3.61. The maximum Gasteiger partial charge on any atom is 0.102 e. The molecule has 0 saturated heterocycles. The van der Waals surface area contributed by atoms with Crippen molar-refractivity contribution in [2.45, 2.75) is 18.9 Å². The number of aliphatic hydroxyl groups is 1. The molecule has 0 spiro atoms. The predicted molar refractivity (Wildman–Crippen MR) is 63.4 cm³/mol. The second kappa shape index (κ2) is 4.77. The maximum atomic E-state index is 9.98. The van der Waals surface area contributed by atoms with Crippen LogP contribution in [0.15, 0.2) is 22.5 Å². The van der Waals surface area contributed by atoms with E-state index in [0.29, 0.717) is 6.42 Å². The quantitative estimate of drug-likeness (QED) is 0.851. The Morgan fingerprint density at radius 1 is 1.67 bits per heavy atom. The fraction of sp³-hybridized carbons (Fsp3) is 0.545. The zero-order valence-corrected chi connectivity index (χ0v) is 9.70. The standard InChI is InChI=1S/C11H16N2OS/c1-13-6-3-5-12-11(13)8-9(14)10-4-2-7-15-10/h2,4,7,9,14H,3,5-6,8H2,1H3. The lowest BCUT2D eigenvalue weighted by Crippen LogP contribution is -2.33. The van der Waals surface area contributed by atoms with Gasteiger partial charge >= 0.3 is 0 Å². The average Bonchev–Trinajstić information content (AvgIpc) is 2.74. The predicted octanol–water partition coefficient (Wildman–Crippen LogP) is 1.91. The van der Waals surface area contributed by atoms with Gasteiger partial charge in [0.25, 0.3) is 0 Å². The van der Waals surface area contributed by atoms with Gasteiger partial charge in [0.2, 0.25) is 0 Å². The number of rotatable bonds is 3. The number of thiophene rings is 1. The maximum absolute atomic E-state index is 9.98. The molecule has 1 aliphatic heterocycles. The first-order chi connectivity index (χ1) is 7.27. The van der Waals surface area contributed by atoms with E-state index >= 15 is 0 Å². The van der Waals surface area contributed by atoms with Crippen molar-refractivity contribution in [3.63, 3.8) is 0 Å². The third-order valence-electron chi connectivity index (χ3n) is 2.63. The molecule has 0 bridgehead atoms. The molecule has 15 heavy (non-hydrogen) atoms. The molecule has 1 N–H and O–H groups in total. The van der Waals surface area contributed by atoms with E-state index in [9.17, 15) is 5.11 Å². The lowest BCUT2D eigenvalue weighted by Gasteiger charge is -2.26. The van der Waals surface area contributed by atoms with Gasteiger partial charge in [-0.3, -0.25) is 4.99 Å². The molecule has 1 aromatic heterocycles. The minimum atomic E-state index is -0.399. The van der Waals surface area contributed by atoms with Gasteiger partial charge in [0, 0.05) is 31.4 Å². The lowest BCUT2D eigenvalue weighted by atomic mass is 10.1. The van der Waals surface area contributed by atoms with E-state index in [1.165, 1.54) is 0 Å². The number of aliphatic imine (C=N–C) groups is 1. The SMILES string of the molecule is CN1CCCN=C1CC(O)c1cccs1. The minimum absolute atomic E-state index is 0.399. The van der Waals surface area contributed by atoms with Crippen molar-refractivity contribution in [3.05, 3.63) is 22.4 Å². The highest BCUT2D eigenvalue weighted by atomic mass is 32.1. The first kappa shape index (κ1) is 10.6. The topological polar surface area (TPSA) is 35.8 Å². The zero-order chi connectivity index (χ0) is 10.7. The van der Waals surface area contributed by atoms with Crippen LogP contribution in [-0.4, -0.2) is 36.0 Å². The van der Waals surface area contributed by atoms with Gasteiger partial charge in [0.1, 0.15) is 5.84 Å². The molecule has 0 radical (unpaired) electrons. The highest BCUT2D eigenvalue weighted by molar-refractivity contribution is 7.10. The van der Waals surface area contributed by atoms with Gasteiger partial charge in [-0.05, 0) is 17.9 Å². The Balaban J connectivity index is 1.99. The molecule has 3 nitrogen and oxygen atoms in total. The molecule has 1 aromatic rings. The van der Waals surface area contributed by atoms with Crippen LogP contribution >= 0.6 is 11.3 Å². The van der Waals surface area contributed by atoms with E-state index in [2.05, 4.69) is 9.89 Å².